The molecule has 0 saturated heterocycles. The van der Waals surface area contributed by atoms with Crippen molar-refractivity contribution in [2.45, 2.75) is 19.3 Å². The van der Waals surface area contributed by atoms with E-state index in [4.69, 9.17) is 9.97 Å². The Balaban J connectivity index is 1.20. The molecule has 3 heteroatoms. The molecule has 9 rings (SSSR count). The fraction of sp³-hybridized carbons (Fsp3) is 0.0652. The van der Waals surface area contributed by atoms with Gasteiger partial charge in [0.2, 0.25) is 0 Å². The first-order valence-corrected chi connectivity index (χ1v) is 16.8. The van der Waals surface area contributed by atoms with Crippen molar-refractivity contribution in [1.29, 1.82) is 0 Å². The minimum atomic E-state index is -0.0583. The van der Waals surface area contributed by atoms with E-state index in [-0.39, 0.29) is 5.41 Å². The molecule has 0 bridgehead atoms. The number of hydrogen-bond donors (Lipinski definition) is 0. The fourth-order valence-corrected chi connectivity index (χ4v) is 7.49. The number of aromatic nitrogens is 3. The summed E-state index contributed by atoms with van der Waals surface area (Å²) in [6.07, 6.45) is 3.70. The molecule has 0 aliphatic heterocycles. The van der Waals surface area contributed by atoms with Gasteiger partial charge in [-0.15, -0.1) is 0 Å². The fourth-order valence-electron chi connectivity index (χ4n) is 7.49. The molecule has 6 aromatic carbocycles. The molecule has 0 amide bonds. The predicted octanol–water partition coefficient (Wildman–Crippen LogP) is 11.7. The van der Waals surface area contributed by atoms with Crippen LogP contribution in [0.5, 0.6) is 0 Å². The summed E-state index contributed by atoms with van der Waals surface area (Å²) < 4.78 is 0. The van der Waals surface area contributed by atoms with Crippen LogP contribution in [0.2, 0.25) is 0 Å². The third-order valence-corrected chi connectivity index (χ3v) is 10.0. The van der Waals surface area contributed by atoms with Gasteiger partial charge in [-0.1, -0.05) is 141 Å². The first-order chi connectivity index (χ1) is 24.0. The van der Waals surface area contributed by atoms with Gasteiger partial charge in [-0.25, -0.2) is 9.97 Å². The van der Waals surface area contributed by atoms with E-state index in [1.54, 1.807) is 6.20 Å². The van der Waals surface area contributed by atoms with Crippen molar-refractivity contribution in [3.8, 4) is 67.3 Å². The normalized spacial score (nSPS) is 12.9. The zero-order valence-corrected chi connectivity index (χ0v) is 27.4. The number of rotatable bonds is 5. The second kappa shape index (κ2) is 11.5. The average Bonchev–Trinajstić information content (AvgIpc) is 3.40. The standard InChI is InChI=1S/C46H33N3/c1-46(2)41-20-9-8-19-38(41)39-22-21-32(27-42(39)46)35-23-24-40(37-18-7-6-17-36(35)37)44-28-43(48-45(49-44)30-12-4-3-5-13-30)33-15-10-14-31(26-33)34-16-11-25-47-29-34/h3-29H,1-2H3. The van der Waals surface area contributed by atoms with Crippen LogP contribution >= 0.6 is 0 Å². The maximum atomic E-state index is 5.20. The highest BCUT2D eigenvalue weighted by Crippen LogP contribution is 2.50. The molecule has 0 fully saturated rings. The van der Waals surface area contributed by atoms with E-state index < -0.39 is 0 Å². The van der Waals surface area contributed by atoms with Crippen LogP contribution in [0, 0.1) is 0 Å². The van der Waals surface area contributed by atoms with Crippen molar-refractivity contribution < 1.29 is 0 Å². The number of benzene rings is 6. The van der Waals surface area contributed by atoms with Gasteiger partial charge in [0.1, 0.15) is 0 Å². The first-order valence-electron chi connectivity index (χ1n) is 16.8. The molecule has 0 N–H and O–H groups in total. The molecule has 0 radical (unpaired) electrons. The quantitative estimate of drug-likeness (QED) is 0.191. The van der Waals surface area contributed by atoms with Gasteiger partial charge in [-0.05, 0) is 74.0 Å². The number of pyridine rings is 1. The minimum absolute atomic E-state index is 0.0583. The van der Waals surface area contributed by atoms with Crippen LogP contribution in [0.1, 0.15) is 25.0 Å². The van der Waals surface area contributed by atoms with E-state index in [0.717, 1.165) is 44.6 Å². The van der Waals surface area contributed by atoms with Gasteiger partial charge >= 0.3 is 0 Å². The predicted molar refractivity (Wildman–Crippen MR) is 202 cm³/mol. The highest BCUT2D eigenvalue weighted by Gasteiger charge is 2.35. The minimum Gasteiger partial charge on any atom is -0.264 e. The molecular weight excluding hydrogens is 595 g/mol. The molecule has 2 aromatic heterocycles. The molecule has 49 heavy (non-hydrogen) atoms. The molecule has 3 nitrogen and oxygen atoms in total. The summed E-state index contributed by atoms with van der Waals surface area (Å²) in [7, 11) is 0. The largest absolute Gasteiger partial charge is 0.264 e. The first kappa shape index (κ1) is 29.0. The number of hydrogen-bond acceptors (Lipinski definition) is 3. The van der Waals surface area contributed by atoms with Crippen molar-refractivity contribution in [2.75, 3.05) is 0 Å². The van der Waals surface area contributed by atoms with Crippen LogP contribution in [-0.4, -0.2) is 15.0 Å². The van der Waals surface area contributed by atoms with Crippen molar-refractivity contribution >= 4 is 10.8 Å². The van der Waals surface area contributed by atoms with Crippen LogP contribution in [0.3, 0.4) is 0 Å². The van der Waals surface area contributed by atoms with Crippen LogP contribution in [0.25, 0.3) is 78.1 Å². The summed E-state index contributed by atoms with van der Waals surface area (Å²) in [4.78, 5) is 14.7. The third-order valence-electron chi connectivity index (χ3n) is 10.0. The van der Waals surface area contributed by atoms with Crippen LogP contribution in [0.4, 0.5) is 0 Å². The lowest BCUT2D eigenvalue weighted by molar-refractivity contribution is 0.660. The Bertz CT molecular complexity index is 2520. The van der Waals surface area contributed by atoms with Crippen LogP contribution in [-0.2, 0) is 5.41 Å². The van der Waals surface area contributed by atoms with E-state index in [2.05, 4.69) is 146 Å². The van der Waals surface area contributed by atoms with Gasteiger partial charge in [0, 0.05) is 40.1 Å². The maximum absolute atomic E-state index is 5.20. The molecule has 0 atom stereocenters. The number of nitrogens with zero attached hydrogens (tertiary/aromatic N) is 3. The van der Waals surface area contributed by atoms with Gasteiger partial charge in [0.05, 0.1) is 11.4 Å². The lowest BCUT2D eigenvalue weighted by Gasteiger charge is -2.22. The van der Waals surface area contributed by atoms with E-state index in [1.807, 2.05) is 30.5 Å². The summed E-state index contributed by atoms with van der Waals surface area (Å²) in [5.74, 6) is 0.702. The Morgan fingerprint density at radius 2 is 1.06 bits per heavy atom. The Morgan fingerprint density at radius 1 is 0.408 bits per heavy atom. The summed E-state index contributed by atoms with van der Waals surface area (Å²) in [5, 5.41) is 2.36. The van der Waals surface area contributed by atoms with Gasteiger partial charge < -0.3 is 0 Å². The highest BCUT2D eigenvalue weighted by molar-refractivity contribution is 6.05. The van der Waals surface area contributed by atoms with Gasteiger partial charge in [-0.2, -0.15) is 0 Å². The molecule has 0 spiro atoms. The Labute approximate surface area is 286 Å². The Kier molecular flexibility index (Phi) is 6.80. The Hall–Kier alpha value is -6.19. The van der Waals surface area contributed by atoms with Crippen molar-refractivity contribution in [1.82, 2.24) is 15.0 Å². The van der Waals surface area contributed by atoms with Gasteiger partial charge in [-0.3, -0.25) is 4.98 Å². The number of fused-ring (bicyclic) bond motifs is 4. The lowest BCUT2D eigenvalue weighted by Crippen LogP contribution is -2.14. The van der Waals surface area contributed by atoms with Crippen molar-refractivity contribution in [3.05, 3.63) is 175 Å². The molecule has 0 unspecified atom stereocenters. The maximum Gasteiger partial charge on any atom is 0.160 e. The summed E-state index contributed by atoms with van der Waals surface area (Å²) >= 11 is 0. The average molecular weight is 628 g/mol. The summed E-state index contributed by atoms with van der Waals surface area (Å²) in [5.41, 5.74) is 14.9. The second-order valence-corrected chi connectivity index (χ2v) is 13.3. The lowest BCUT2D eigenvalue weighted by atomic mass is 9.81. The Morgan fingerprint density at radius 3 is 1.90 bits per heavy atom. The van der Waals surface area contributed by atoms with E-state index >= 15 is 0 Å². The zero-order valence-electron chi connectivity index (χ0n) is 27.4. The molecule has 8 aromatic rings. The summed E-state index contributed by atoms with van der Waals surface area (Å²) in [6.45, 7) is 4.68. The summed E-state index contributed by atoms with van der Waals surface area (Å²) in [6, 6.07) is 54.0. The van der Waals surface area contributed by atoms with Crippen LogP contribution < -0.4 is 0 Å². The topological polar surface area (TPSA) is 38.7 Å². The van der Waals surface area contributed by atoms with Crippen molar-refractivity contribution in [2.24, 2.45) is 0 Å². The van der Waals surface area contributed by atoms with E-state index in [1.165, 1.54) is 38.8 Å². The highest BCUT2D eigenvalue weighted by atomic mass is 14.9. The second-order valence-electron chi connectivity index (χ2n) is 13.3. The van der Waals surface area contributed by atoms with Gasteiger partial charge in [0.25, 0.3) is 0 Å². The SMILES string of the molecule is CC1(C)c2ccccc2-c2ccc(-c3ccc(-c4cc(-c5cccc(-c6cccnc6)c5)nc(-c5ccccc5)n4)c4ccccc34)cc21. The third kappa shape index (κ3) is 4.94. The van der Waals surface area contributed by atoms with Crippen molar-refractivity contribution in [3.63, 3.8) is 0 Å². The monoisotopic (exact) mass is 627 g/mol. The van der Waals surface area contributed by atoms with E-state index in [9.17, 15) is 0 Å². The molecule has 0 saturated carbocycles. The molecule has 1 aliphatic rings. The zero-order chi connectivity index (χ0) is 33.0. The smallest absolute Gasteiger partial charge is 0.160 e. The molecular formula is C46H33N3. The molecule has 232 valence electrons. The van der Waals surface area contributed by atoms with E-state index in [0.29, 0.717) is 5.82 Å². The molecule has 2 heterocycles. The molecule has 1 aliphatic carbocycles. The van der Waals surface area contributed by atoms with Gasteiger partial charge in [0.15, 0.2) is 5.82 Å². The van der Waals surface area contributed by atoms with Crippen LogP contribution in [0.15, 0.2) is 164 Å².